The summed E-state index contributed by atoms with van der Waals surface area (Å²) >= 11 is 0. The normalized spacial score (nSPS) is 40.8. The highest BCUT2D eigenvalue weighted by Gasteiger charge is 2.72. The molecule has 1 saturated carbocycles. The van der Waals surface area contributed by atoms with Crippen LogP contribution in [0.25, 0.3) is 10.9 Å². The molecule has 4 N–H and O–H groups in total. The highest BCUT2D eigenvalue weighted by molar-refractivity contribution is 6.15. The zero-order valence-electron chi connectivity index (χ0n) is 24.3. The number of aromatic nitrogens is 1. The first kappa shape index (κ1) is 29.2. The predicted molar refractivity (Wildman–Crippen MR) is 156 cm³/mol. The number of H-pyrrole nitrogens is 1. The molecular formula is C33H40N2O6. The first-order chi connectivity index (χ1) is 19.5. The van der Waals surface area contributed by atoms with E-state index in [0.717, 1.165) is 28.6 Å². The van der Waals surface area contributed by atoms with Crippen LogP contribution >= 0.6 is 0 Å². The number of para-hydroxylation sites is 1. The van der Waals surface area contributed by atoms with Gasteiger partial charge in [-0.15, -0.1) is 0 Å². The van der Waals surface area contributed by atoms with E-state index >= 15 is 0 Å². The summed E-state index contributed by atoms with van der Waals surface area (Å²) in [6.45, 7) is 7.40. The number of methoxy groups -OCH3 is 1. The molecule has 0 bridgehead atoms. The number of ether oxygens (including phenoxy) is 1. The SMILES string of the molecule is CO[C@]1(C)[C@@H](C)[C@H]2[C@H](Cc3c[nH]c4ccccc34)NC(=O)[C@]23C(=O)/C=C/C(=O)[C@H](O)/C(C)=C/[C@@H](C)C/C=C/[C@H]3[C@@H]1O. The van der Waals surface area contributed by atoms with Gasteiger partial charge in [0.05, 0.1) is 11.7 Å². The van der Waals surface area contributed by atoms with Crippen molar-refractivity contribution in [2.45, 2.75) is 64.4 Å². The molecule has 1 saturated heterocycles. The lowest BCUT2D eigenvalue weighted by Gasteiger charge is -2.56. The lowest BCUT2D eigenvalue weighted by molar-refractivity contribution is -0.208. The number of hydrogen-bond acceptors (Lipinski definition) is 6. The summed E-state index contributed by atoms with van der Waals surface area (Å²) in [5.41, 5.74) is -0.245. The zero-order chi connectivity index (χ0) is 29.7. The maximum absolute atomic E-state index is 14.3. The molecule has 2 aromatic rings. The van der Waals surface area contributed by atoms with Crippen LogP contribution in [0.4, 0.5) is 0 Å². The van der Waals surface area contributed by atoms with Crippen molar-refractivity contribution in [3.05, 3.63) is 72.0 Å². The Bertz CT molecular complexity index is 1450. The van der Waals surface area contributed by atoms with Crippen LogP contribution in [0, 0.1) is 29.1 Å². The van der Waals surface area contributed by atoms with Crippen LogP contribution in [0.3, 0.4) is 0 Å². The highest BCUT2D eigenvalue weighted by atomic mass is 16.5. The molecule has 1 amide bonds. The number of nitrogens with one attached hydrogen (secondary N) is 2. The van der Waals surface area contributed by atoms with E-state index in [-0.39, 0.29) is 5.92 Å². The minimum Gasteiger partial charge on any atom is -0.389 e. The van der Waals surface area contributed by atoms with Crippen molar-refractivity contribution in [2.75, 3.05) is 7.11 Å². The molecule has 2 aliphatic carbocycles. The van der Waals surface area contributed by atoms with Crippen molar-refractivity contribution in [1.82, 2.24) is 10.3 Å². The van der Waals surface area contributed by atoms with Gasteiger partial charge in [0.25, 0.3) is 0 Å². The fraction of sp³-hybridized carbons (Fsp3) is 0.485. The molecular weight excluding hydrogens is 520 g/mol. The number of benzene rings is 1. The predicted octanol–water partition coefficient (Wildman–Crippen LogP) is 3.44. The fourth-order valence-electron chi connectivity index (χ4n) is 7.57. The topological polar surface area (TPSA) is 129 Å². The van der Waals surface area contributed by atoms with E-state index in [1.165, 1.54) is 0 Å². The van der Waals surface area contributed by atoms with Gasteiger partial charge in [-0.3, -0.25) is 14.4 Å². The minimum absolute atomic E-state index is 0.0265. The van der Waals surface area contributed by atoms with Gasteiger partial charge in [0.15, 0.2) is 11.6 Å². The quantitative estimate of drug-likeness (QED) is 0.336. The minimum atomic E-state index is -1.67. The summed E-state index contributed by atoms with van der Waals surface area (Å²) in [4.78, 5) is 44.7. The number of rotatable bonds is 3. The molecule has 1 spiro atoms. The van der Waals surface area contributed by atoms with Crippen molar-refractivity contribution in [3.8, 4) is 0 Å². The Morgan fingerprint density at radius 3 is 2.56 bits per heavy atom. The summed E-state index contributed by atoms with van der Waals surface area (Å²) in [7, 11) is 1.55. The third-order valence-corrected chi connectivity index (χ3v) is 10.0. The fourth-order valence-corrected chi connectivity index (χ4v) is 7.57. The van der Waals surface area contributed by atoms with Gasteiger partial charge in [-0.05, 0) is 67.9 Å². The molecule has 5 rings (SSSR count). The number of fused-ring (bicyclic) bond motifs is 1. The zero-order valence-corrected chi connectivity index (χ0v) is 24.3. The summed E-state index contributed by atoms with van der Waals surface area (Å²) in [5.74, 6) is -3.57. The Hall–Kier alpha value is -3.33. The number of allylic oxidation sites excluding steroid dienone is 3. The van der Waals surface area contributed by atoms with Crippen molar-refractivity contribution >= 4 is 28.4 Å². The number of aliphatic hydroxyl groups is 2. The van der Waals surface area contributed by atoms with Gasteiger partial charge in [-0.1, -0.05) is 50.3 Å². The monoisotopic (exact) mass is 560 g/mol. The van der Waals surface area contributed by atoms with Crippen LogP contribution in [0.5, 0.6) is 0 Å². The lowest BCUT2D eigenvalue weighted by Crippen LogP contribution is -2.67. The van der Waals surface area contributed by atoms with E-state index in [2.05, 4.69) is 10.3 Å². The molecule has 1 aliphatic heterocycles. The van der Waals surface area contributed by atoms with Crippen LogP contribution in [0.1, 0.15) is 39.7 Å². The van der Waals surface area contributed by atoms with Crippen LogP contribution in [0.2, 0.25) is 0 Å². The molecule has 41 heavy (non-hydrogen) atoms. The van der Waals surface area contributed by atoms with Crippen molar-refractivity contribution in [3.63, 3.8) is 0 Å². The number of carbonyl (C=O) groups excluding carboxylic acids is 3. The Morgan fingerprint density at radius 2 is 1.83 bits per heavy atom. The molecule has 1 aromatic heterocycles. The van der Waals surface area contributed by atoms with E-state index in [1.54, 1.807) is 20.1 Å². The Morgan fingerprint density at radius 1 is 1.10 bits per heavy atom. The number of aromatic amines is 1. The third kappa shape index (κ3) is 4.53. The Balaban J connectivity index is 1.67. The molecule has 2 fully saturated rings. The molecule has 1 aromatic carbocycles. The smallest absolute Gasteiger partial charge is 0.235 e. The number of ketones is 2. The molecule has 8 nitrogen and oxygen atoms in total. The molecule has 2 heterocycles. The number of amides is 1. The second kappa shape index (κ2) is 10.8. The maximum atomic E-state index is 14.3. The van der Waals surface area contributed by atoms with E-state index in [4.69, 9.17) is 4.74 Å². The molecule has 8 heteroatoms. The van der Waals surface area contributed by atoms with Gasteiger partial charge in [-0.25, -0.2) is 0 Å². The second-order valence-electron chi connectivity index (χ2n) is 12.2. The van der Waals surface area contributed by atoms with E-state index in [0.29, 0.717) is 18.4 Å². The summed E-state index contributed by atoms with van der Waals surface area (Å²) < 4.78 is 5.99. The van der Waals surface area contributed by atoms with Gasteiger partial charge in [0, 0.05) is 42.1 Å². The average Bonchev–Trinajstić information content (AvgIpc) is 3.49. The average molecular weight is 561 g/mol. The largest absolute Gasteiger partial charge is 0.389 e. The summed E-state index contributed by atoms with van der Waals surface area (Å²) in [5, 5.41) is 26.6. The third-order valence-electron chi connectivity index (χ3n) is 10.0. The van der Waals surface area contributed by atoms with Gasteiger partial charge in [-0.2, -0.15) is 0 Å². The van der Waals surface area contributed by atoms with Crippen LogP contribution in [-0.2, 0) is 25.5 Å². The van der Waals surface area contributed by atoms with Crippen molar-refractivity contribution < 1.29 is 29.3 Å². The van der Waals surface area contributed by atoms with E-state index in [9.17, 15) is 24.6 Å². The second-order valence-corrected chi connectivity index (χ2v) is 12.2. The first-order valence-corrected chi connectivity index (χ1v) is 14.3. The number of aliphatic hydroxyl groups excluding tert-OH is 2. The molecule has 218 valence electrons. The standard InChI is InChI=1S/C33H40N2O6/c1-18-9-8-11-23-30(39)32(4,41-5)20(3)28-25(16-21-17-34-24-12-7-6-10-22(21)24)35-31(40)33(23,28)27(37)14-13-26(36)29(38)19(2)15-18/h6-8,10-15,17-18,20,23,25,28-30,34,38-39H,9,16H2,1-5H3,(H,35,40)/b11-8+,14-13+,19-15+/t18-,20-,23-,25-,28-,29+,30-,32+,33+/m0/s1. The Labute approximate surface area is 240 Å². The van der Waals surface area contributed by atoms with Crippen LogP contribution in [0.15, 0.2) is 66.4 Å². The van der Waals surface area contributed by atoms with Gasteiger partial charge < -0.3 is 25.3 Å². The summed E-state index contributed by atoms with van der Waals surface area (Å²) in [6.07, 6.45) is 8.07. The van der Waals surface area contributed by atoms with Gasteiger partial charge >= 0.3 is 0 Å². The maximum Gasteiger partial charge on any atom is 0.235 e. The highest BCUT2D eigenvalue weighted by Crippen LogP contribution is 2.59. The van der Waals surface area contributed by atoms with Gasteiger partial charge in [0.1, 0.15) is 11.5 Å². The van der Waals surface area contributed by atoms with Crippen LogP contribution < -0.4 is 5.32 Å². The summed E-state index contributed by atoms with van der Waals surface area (Å²) in [6, 6.07) is 7.49. The van der Waals surface area contributed by atoms with Gasteiger partial charge in [0.2, 0.25) is 5.91 Å². The number of hydrogen-bond donors (Lipinski definition) is 4. The van der Waals surface area contributed by atoms with E-state index in [1.807, 2.05) is 63.4 Å². The Kier molecular flexibility index (Phi) is 7.70. The van der Waals surface area contributed by atoms with E-state index < -0.39 is 64.5 Å². The molecule has 0 radical (unpaired) electrons. The van der Waals surface area contributed by atoms with Crippen molar-refractivity contribution in [1.29, 1.82) is 0 Å². The van der Waals surface area contributed by atoms with Crippen molar-refractivity contribution in [2.24, 2.45) is 29.1 Å². The molecule has 3 aliphatic rings. The van der Waals surface area contributed by atoms with Crippen LogP contribution in [-0.4, -0.2) is 63.6 Å². The molecule has 0 unspecified atom stereocenters. The molecule has 9 atom stereocenters. The lowest BCUT2D eigenvalue weighted by atomic mass is 9.49. The number of carbonyl (C=O) groups is 3. The first-order valence-electron chi connectivity index (χ1n) is 14.3.